The zero-order chi connectivity index (χ0) is 14.1. The Labute approximate surface area is 120 Å². The highest BCUT2D eigenvalue weighted by Crippen LogP contribution is 2.58. The summed E-state index contributed by atoms with van der Waals surface area (Å²) in [5.74, 6) is 0.723. The summed E-state index contributed by atoms with van der Waals surface area (Å²) in [5.41, 5.74) is 2.53. The SMILES string of the molecule is C=C(C(CCC)CCC)N1C[C@]2(C)CCC[C@]2(C)C1. The smallest absolute Gasteiger partial charge is 0.0234 e. The standard InChI is InChI=1S/C18H33N/c1-6-9-16(10-7-2)15(3)19-13-17(4)11-8-12-18(17,5)14-19/h16H,3,6-14H2,1-2,4-5H3/t17-,18+. The van der Waals surface area contributed by atoms with Crippen molar-refractivity contribution < 1.29 is 0 Å². The summed E-state index contributed by atoms with van der Waals surface area (Å²) in [4.78, 5) is 2.65. The van der Waals surface area contributed by atoms with Gasteiger partial charge in [-0.05, 0) is 42.4 Å². The maximum absolute atomic E-state index is 4.49. The van der Waals surface area contributed by atoms with E-state index < -0.39 is 0 Å². The summed E-state index contributed by atoms with van der Waals surface area (Å²) >= 11 is 0. The molecule has 0 amide bonds. The summed E-state index contributed by atoms with van der Waals surface area (Å²) < 4.78 is 0. The van der Waals surface area contributed by atoms with E-state index in [1.165, 1.54) is 63.7 Å². The minimum absolute atomic E-state index is 0.541. The molecule has 1 aliphatic carbocycles. The number of allylic oxidation sites excluding steroid dienone is 1. The molecule has 1 saturated heterocycles. The molecule has 0 aromatic carbocycles. The zero-order valence-corrected chi connectivity index (χ0v) is 13.6. The molecule has 0 spiro atoms. The maximum atomic E-state index is 4.49. The van der Waals surface area contributed by atoms with Gasteiger partial charge in [-0.2, -0.15) is 0 Å². The van der Waals surface area contributed by atoms with E-state index in [0.29, 0.717) is 10.8 Å². The highest BCUT2D eigenvalue weighted by Gasteiger charge is 2.54. The molecular formula is C18H33N. The van der Waals surface area contributed by atoms with E-state index in [1.807, 2.05) is 0 Å². The first-order valence-electron chi connectivity index (χ1n) is 8.39. The van der Waals surface area contributed by atoms with Crippen molar-refractivity contribution in [3.05, 3.63) is 12.3 Å². The predicted octanol–water partition coefficient (Wildman–Crippen LogP) is 5.23. The third-order valence-corrected chi connectivity index (χ3v) is 6.15. The van der Waals surface area contributed by atoms with E-state index in [4.69, 9.17) is 0 Å². The molecule has 0 aromatic rings. The van der Waals surface area contributed by atoms with E-state index in [9.17, 15) is 0 Å². The van der Waals surface area contributed by atoms with Crippen LogP contribution in [0.15, 0.2) is 12.3 Å². The Morgan fingerprint density at radius 3 is 1.95 bits per heavy atom. The lowest BCUT2D eigenvalue weighted by Gasteiger charge is -2.32. The third kappa shape index (κ3) is 2.58. The lowest BCUT2D eigenvalue weighted by Crippen LogP contribution is -2.30. The van der Waals surface area contributed by atoms with Crippen molar-refractivity contribution >= 4 is 0 Å². The van der Waals surface area contributed by atoms with E-state index in [2.05, 4.69) is 39.2 Å². The first-order chi connectivity index (χ1) is 8.96. The molecule has 0 unspecified atom stereocenters. The van der Waals surface area contributed by atoms with E-state index in [0.717, 1.165) is 5.92 Å². The van der Waals surface area contributed by atoms with Gasteiger partial charge in [-0.3, -0.25) is 0 Å². The van der Waals surface area contributed by atoms with Gasteiger partial charge >= 0.3 is 0 Å². The second-order valence-electron chi connectivity index (χ2n) is 7.60. The summed E-state index contributed by atoms with van der Waals surface area (Å²) in [7, 11) is 0. The van der Waals surface area contributed by atoms with Crippen LogP contribution in [0, 0.1) is 16.7 Å². The molecule has 0 N–H and O–H groups in total. The minimum Gasteiger partial charge on any atom is -0.374 e. The number of fused-ring (bicyclic) bond motifs is 1. The lowest BCUT2D eigenvalue weighted by molar-refractivity contribution is 0.184. The van der Waals surface area contributed by atoms with Crippen LogP contribution in [0.1, 0.15) is 72.6 Å². The van der Waals surface area contributed by atoms with Gasteiger partial charge in [0.2, 0.25) is 0 Å². The molecule has 1 aliphatic heterocycles. The Morgan fingerprint density at radius 2 is 1.53 bits per heavy atom. The summed E-state index contributed by atoms with van der Waals surface area (Å²) in [5, 5.41) is 0. The van der Waals surface area contributed by atoms with Gasteiger partial charge in [-0.1, -0.05) is 53.5 Å². The van der Waals surface area contributed by atoms with Crippen LogP contribution < -0.4 is 0 Å². The molecule has 19 heavy (non-hydrogen) atoms. The zero-order valence-electron chi connectivity index (χ0n) is 13.6. The van der Waals surface area contributed by atoms with Crippen LogP contribution in [-0.2, 0) is 0 Å². The number of hydrogen-bond acceptors (Lipinski definition) is 1. The average molecular weight is 263 g/mol. The highest BCUT2D eigenvalue weighted by molar-refractivity contribution is 5.13. The Morgan fingerprint density at radius 1 is 1.05 bits per heavy atom. The van der Waals surface area contributed by atoms with Crippen molar-refractivity contribution in [1.82, 2.24) is 4.90 Å². The Kier molecular flexibility index (Phi) is 4.32. The van der Waals surface area contributed by atoms with Gasteiger partial charge in [0.05, 0.1) is 0 Å². The van der Waals surface area contributed by atoms with Crippen LogP contribution in [0.5, 0.6) is 0 Å². The van der Waals surface area contributed by atoms with Crippen LogP contribution in [-0.4, -0.2) is 18.0 Å². The fourth-order valence-corrected chi connectivity index (χ4v) is 4.55. The van der Waals surface area contributed by atoms with Crippen LogP contribution >= 0.6 is 0 Å². The quantitative estimate of drug-likeness (QED) is 0.634. The van der Waals surface area contributed by atoms with E-state index in [1.54, 1.807) is 0 Å². The first-order valence-corrected chi connectivity index (χ1v) is 8.39. The van der Waals surface area contributed by atoms with Crippen LogP contribution in [0.4, 0.5) is 0 Å². The van der Waals surface area contributed by atoms with Crippen LogP contribution in [0.2, 0.25) is 0 Å². The molecule has 0 bridgehead atoms. The number of likely N-dealkylation sites (tertiary alicyclic amines) is 1. The molecule has 1 heteroatoms. The summed E-state index contributed by atoms with van der Waals surface area (Å²) in [6, 6.07) is 0. The molecule has 1 nitrogen and oxygen atoms in total. The molecule has 1 saturated carbocycles. The monoisotopic (exact) mass is 263 g/mol. The van der Waals surface area contributed by atoms with Gasteiger partial charge in [0.1, 0.15) is 0 Å². The Balaban J connectivity index is 2.05. The first kappa shape index (κ1) is 14.9. The van der Waals surface area contributed by atoms with E-state index >= 15 is 0 Å². The van der Waals surface area contributed by atoms with Crippen molar-refractivity contribution in [2.75, 3.05) is 13.1 Å². The van der Waals surface area contributed by atoms with Gasteiger partial charge in [-0.25, -0.2) is 0 Å². The van der Waals surface area contributed by atoms with Gasteiger partial charge in [0.25, 0.3) is 0 Å². The summed E-state index contributed by atoms with van der Waals surface area (Å²) in [6.45, 7) is 16.6. The highest BCUT2D eigenvalue weighted by atomic mass is 15.2. The van der Waals surface area contributed by atoms with Crippen molar-refractivity contribution in [3.8, 4) is 0 Å². The maximum Gasteiger partial charge on any atom is 0.0234 e. The van der Waals surface area contributed by atoms with Crippen LogP contribution in [0.25, 0.3) is 0 Å². The second kappa shape index (κ2) is 5.50. The minimum atomic E-state index is 0.541. The fourth-order valence-electron chi connectivity index (χ4n) is 4.55. The molecule has 2 aliphatic rings. The van der Waals surface area contributed by atoms with Crippen molar-refractivity contribution in [3.63, 3.8) is 0 Å². The molecule has 2 fully saturated rings. The Hall–Kier alpha value is -0.460. The average Bonchev–Trinajstić information content (AvgIpc) is 2.76. The normalized spacial score (nSPS) is 34.1. The van der Waals surface area contributed by atoms with Gasteiger partial charge in [-0.15, -0.1) is 0 Å². The van der Waals surface area contributed by atoms with Crippen molar-refractivity contribution in [2.45, 2.75) is 72.6 Å². The predicted molar refractivity (Wildman–Crippen MR) is 84.1 cm³/mol. The molecule has 0 aromatic heterocycles. The number of nitrogens with zero attached hydrogens (tertiary/aromatic N) is 1. The molecule has 2 rings (SSSR count). The number of rotatable bonds is 6. The molecular weight excluding hydrogens is 230 g/mol. The fraction of sp³-hybridized carbons (Fsp3) is 0.889. The third-order valence-electron chi connectivity index (χ3n) is 6.15. The molecule has 1 heterocycles. The lowest BCUT2D eigenvalue weighted by atomic mass is 9.71. The number of hydrogen-bond donors (Lipinski definition) is 0. The largest absolute Gasteiger partial charge is 0.374 e. The van der Waals surface area contributed by atoms with Gasteiger partial charge in [0.15, 0.2) is 0 Å². The second-order valence-corrected chi connectivity index (χ2v) is 7.60. The van der Waals surface area contributed by atoms with Gasteiger partial charge < -0.3 is 4.90 Å². The van der Waals surface area contributed by atoms with Crippen LogP contribution in [0.3, 0.4) is 0 Å². The van der Waals surface area contributed by atoms with Gasteiger partial charge in [0, 0.05) is 18.8 Å². The van der Waals surface area contributed by atoms with Crippen molar-refractivity contribution in [1.29, 1.82) is 0 Å². The molecule has 2 atom stereocenters. The Bertz CT molecular complexity index is 311. The van der Waals surface area contributed by atoms with Crippen molar-refractivity contribution in [2.24, 2.45) is 16.7 Å². The molecule has 0 radical (unpaired) electrons. The van der Waals surface area contributed by atoms with E-state index in [-0.39, 0.29) is 0 Å². The summed E-state index contributed by atoms with van der Waals surface area (Å²) in [6.07, 6.45) is 9.46. The molecule has 110 valence electrons. The topological polar surface area (TPSA) is 3.24 Å².